The molecule has 0 aliphatic rings. The number of thiazole rings is 1. The van der Waals surface area contributed by atoms with Crippen LogP contribution in [0.15, 0.2) is 42.5 Å². The number of carbonyl (C=O) groups excluding carboxylic acids is 1. The number of para-hydroxylation sites is 1. The van der Waals surface area contributed by atoms with Crippen LogP contribution in [-0.2, 0) is 0 Å². The van der Waals surface area contributed by atoms with Crippen molar-refractivity contribution in [1.82, 2.24) is 4.98 Å². The summed E-state index contributed by atoms with van der Waals surface area (Å²) in [6.45, 7) is 0. The molecule has 7 heteroatoms. The van der Waals surface area contributed by atoms with Crippen LogP contribution >= 0.6 is 34.3 Å². The van der Waals surface area contributed by atoms with Crippen LogP contribution in [-0.4, -0.2) is 18.0 Å². The standard InChI is InChI=1S/C17H11ClN2O2S2/c1-22-9-6-7-12-10(8-9)14(18)15(23-12)16(21)20-17-19-11-4-2-3-5-13(11)24-17/h2-8H,1H3,(H,19,20,21). The highest BCUT2D eigenvalue weighted by molar-refractivity contribution is 7.23. The van der Waals surface area contributed by atoms with Gasteiger partial charge in [-0.05, 0) is 30.3 Å². The molecule has 0 spiro atoms. The summed E-state index contributed by atoms with van der Waals surface area (Å²) in [6.07, 6.45) is 0. The Morgan fingerprint density at radius 2 is 2.00 bits per heavy atom. The Morgan fingerprint density at radius 3 is 2.79 bits per heavy atom. The average Bonchev–Trinajstić information content (AvgIpc) is 3.15. The summed E-state index contributed by atoms with van der Waals surface area (Å²) >= 11 is 9.20. The second kappa shape index (κ2) is 6.05. The SMILES string of the molecule is COc1ccc2sc(C(=O)Nc3nc4ccccc4s3)c(Cl)c2c1. The molecule has 120 valence electrons. The number of halogens is 1. The molecule has 4 nitrogen and oxygen atoms in total. The molecule has 2 aromatic carbocycles. The molecule has 0 saturated carbocycles. The van der Waals surface area contributed by atoms with Crippen LogP contribution in [0.5, 0.6) is 5.75 Å². The van der Waals surface area contributed by atoms with E-state index in [4.69, 9.17) is 16.3 Å². The first-order valence-electron chi connectivity index (χ1n) is 7.08. The van der Waals surface area contributed by atoms with Gasteiger partial charge in [-0.25, -0.2) is 4.98 Å². The monoisotopic (exact) mass is 374 g/mol. The van der Waals surface area contributed by atoms with Crippen molar-refractivity contribution in [2.24, 2.45) is 0 Å². The van der Waals surface area contributed by atoms with Gasteiger partial charge in [0.2, 0.25) is 0 Å². The molecule has 0 radical (unpaired) electrons. The van der Waals surface area contributed by atoms with E-state index in [0.717, 1.165) is 20.3 Å². The van der Waals surface area contributed by atoms with Gasteiger partial charge < -0.3 is 4.74 Å². The van der Waals surface area contributed by atoms with E-state index in [2.05, 4.69) is 10.3 Å². The number of rotatable bonds is 3. The van der Waals surface area contributed by atoms with E-state index in [1.165, 1.54) is 22.7 Å². The third-order valence-corrected chi connectivity index (χ3v) is 6.18. The average molecular weight is 375 g/mol. The number of amides is 1. The third-order valence-electron chi connectivity index (χ3n) is 3.56. The predicted molar refractivity (Wildman–Crippen MR) is 101 cm³/mol. The fourth-order valence-corrected chi connectivity index (χ4v) is 4.64. The number of hydrogen-bond donors (Lipinski definition) is 1. The third kappa shape index (κ3) is 2.62. The van der Waals surface area contributed by atoms with Gasteiger partial charge in [0.05, 0.1) is 22.3 Å². The van der Waals surface area contributed by atoms with Gasteiger partial charge in [-0.2, -0.15) is 0 Å². The smallest absolute Gasteiger partial charge is 0.269 e. The maximum atomic E-state index is 12.6. The highest BCUT2D eigenvalue weighted by atomic mass is 35.5. The van der Waals surface area contributed by atoms with Crippen LogP contribution in [0.25, 0.3) is 20.3 Å². The summed E-state index contributed by atoms with van der Waals surface area (Å²) in [6, 6.07) is 13.3. The lowest BCUT2D eigenvalue weighted by molar-refractivity contribution is 0.103. The first kappa shape index (κ1) is 15.4. The van der Waals surface area contributed by atoms with E-state index in [1.807, 2.05) is 42.5 Å². The van der Waals surface area contributed by atoms with Crippen molar-refractivity contribution in [2.45, 2.75) is 0 Å². The van der Waals surface area contributed by atoms with Crippen molar-refractivity contribution in [1.29, 1.82) is 0 Å². The maximum absolute atomic E-state index is 12.6. The summed E-state index contributed by atoms with van der Waals surface area (Å²) in [5.74, 6) is 0.458. The van der Waals surface area contributed by atoms with E-state index in [9.17, 15) is 4.79 Å². The highest BCUT2D eigenvalue weighted by Gasteiger charge is 2.19. The van der Waals surface area contributed by atoms with Crippen LogP contribution in [0.1, 0.15) is 9.67 Å². The Hall–Kier alpha value is -2.15. The van der Waals surface area contributed by atoms with Crippen LogP contribution < -0.4 is 10.1 Å². The fraction of sp³-hybridized carbons (Fsp3) is 0.0588. The zero-order valence-electron chi connectivity index (χ0n) is 12.5. The minimum Gasteiger partial charge on any atom is -0.497 e. The van der Waals surface area contributed by atoms with Crippen molar-refractivity contribution in [3.63, 3.8) is 0 Å². The molecule has 2 heterocycles. The molecule has 2 aromatic heterocycles. The molecule has 0 saturated heterocycles. The van der Waals surface area contributed by atoms with E-state index < -0.39 is 0 Å². The van der Waals surface area contributed by atoms with E-state index >= 15 is 0 Å². The number of fused-ring (bicyclic) bond motifs is 2. The predicted octanol–water partition coefficient (Wildman–Crippen LogP) is 5.43. The molecule has 0 aliphatic carbocycles. The summed E-state index contributed by atoms with van der Waals surface area (Å²) in [5.41, 5.74) is 0.866. The van der Waals surface area contributed by atoms with Gasteiger partial charge in [0.15, 0.2) is 5.13 Å². The van der Waals surface area contributed by atoms with Crippen molar-refractivity contribution < 1.29 is 9.53 Å². The summed E-state index contributed by atoms with van der Waals surface area (Å²) in [5, 5.41) is 4.66. The fourth-order valence-electron chi connectivity index (χ4n) is 2.40. The number of methoxy groups -OCH3 is 1. The molecular weight excluding hydrogens is 364 g/mol. The van der Waals surface area contributed by atoms with E-state index in [-0.39, 0.29) is 5.91 Å². The number of aromatic nitrogens is 1. The van der Waals surface area contributed by atoms with Crippen molar-refractivity contribution in [3.05, 3.63) is 52.4 Å². The van der Waals surface area contributed by atoms with Crippen LogP contribution in [0.4, 0.5) is 5.13 Å². The van der Waals surface area contributed by atoms with Crippen LogP contribution in [0.3, 0.4) is 0 Å². The zero-order chi connectivity index (χ0) is 16.7. The maximum Gasteiger partial charge on any atom is 0.269 e. The Balaban J connectivity index is 1.68. The molecule has 0 unspecified atom stereocenters. The number of carbonyl (C=O) groups is 1. The van der Waals surface area contributed by atoms with Crippen LogP contribution in [0, 0.1) is 0 Å². The van der Waals surface area contributed by atoms with Crippen molar-refractivity contribution in [3.8, 4) is 5.75 Å². The second-order valence-corrected chi connectivity index (χ2v) is 7.51. The normalized spacial score (nSPS) is 11.1. The second-order valence-electron chi connectivity index (χ2n) is 5.05. The summed E-state index contributed by atoms with van der Waals surface area (Å²) in [4.78, 5) is 17.5. The van der Waals surface area contributed by atoms with Gasteiger partial charge in [-0.15, -0.1) is 11.3 Å². The van der Waals surface area contributed by atoms with Gasteiger partial charge in [-0.3, -0.25) is 10.1 Å². The van der Waals surface area contributed by atoms with Gasteiger partial charge in [-0.1, -0.05) is 35.1 Å². The molecule has 1 amide bonds. The molecule has 24 heavy (non-hydrogen) atoms. The first-order valence-corrected chi connectivity index (χ1v) is 9.10. The van der Waals surface area contributed by atoms with Gasteiger partial charge in [0, 0.05) is 10.1 Å². The molecule has 1 N–H and O–H groups in total. The minimum atomic E-state index is -0.251. The largest absolute Gasteiger partial charge is 0.497 e. The zero-order valence-corrected chi connectivity index (χ0v) is 14.9. The number of anilines is 1. The number of nitrogens with zero attached hydrogens (tertiary/aromatic N) is 1. The Labute approximate surface area is 150 Å². The highest BCUT2D eigenvalue weighted by Crippen LogP contribution is 2.38. The van der Waals surface area contributed by atoms with E-state index in [0.29, 0.717) is 20.8 Å². The molecule has 0 atom stereocenters. The molecule has 0 aliphatic heterocycles. The lowest BCUT2D eigenvalue weighted by Gasteiger charge is -1.99. The van der Waals surface area contributed by atoms with Crippen molar-refractivity contribution in [2.75, 3.05) is 12.4 Å². The molecule has 0 bridgehead atoms. The van der Waals surface area contributed by atoms with Gasteiger partial charge in [0.1, 0.15) is 10.6 Å². The summed E-state index contributed by atoms with van der Waals surface area (Å²) < 4.78 is 7.18. The number of benzene rings is 2. The first-order chi connectivity index (χ1) is 11.7. The van der Waals surface area contributed by atoms with Crippen LogP contribution in [0.2, 0.25) is 5.02 Å². The quantitative estimate of drug-likeness (QED) is 0.520. The van der Waals surface area contributed by atoms with Crippen molar-refractivity contribution >= 4 is 65.6 Å². The molecular formula is C17H11ClN2O2S2. The topological polar surface area (TPSA) is 51.2 Å². The number of ether oxygens (including phenoxy) is 1. The number of nitrogens with one attached hydrogen (secondary N) is 1. The lowest BCUT2D eigenvalue weighted by atomic mass is 10.2. The molecule has 0 fully saturated rings. The van der Waals surface area contributed by atoms with Gasteiger partial charge >= 0.3 is 0 Å². The Morgan fingerprint density at radius 1 is 1.17 bits per heavy atom. The van der Waals surface area contributed by atoms with E-state index in [1.54, 1.807) is 7.11 Å². The summed E-state index contributed by atoms with van der Waals surface area (Å²) in [7, 11) is 1.60. The Kier molecular flexibility index (Phi) is 3.88. The Bertz CT molecular complexity index is 1040. The molecule has 4 aromatic rings. The van der Waals surface area contributed by atoms with Gasteiger partial charge in [0.25, 0.3) is 5.91 Å². The minimum absolute atomic E-state index is 0.251. The number of thiophene rings is 1. The molecule has 4 rings (SSSR count). The lowest BCUT2D eigenvalue weighted by Crippen LogP contribution is -2.10. The number of hydrogen-bond acceptors (Lipinski definition) is 5.